The minimum Gasteiger partial charge on any atom is -0.381 e. The molecule has 0 spiro atoms. The fourth-order valence-corrected chi connectivity index (χ4v) is 2.96. The maximum absolute atomic E-state index is 13.4. The van der Waals surface area contributed by atoms with Crippen LogP contribution < -0.4 is 4.72 Å². The van der Waals surface area contributed by atoms with Gasteiger partial charge in [0.05, 0.1) is 6.26 Å². The number of rotatable bonds is 4. The quantitative estimate of drug-likeness (QED) is 0.911. The SMILES string of the molecule is CS(=O)(=O)NCC1(c2cccc(F)c2)CCOCC1. The summed E-state index contributed by atoms with van der Waals surface area (Å²) in [7, 11) is -3.26. The van der Waals surface area contributed by atoms with Gasteiger partial charge in [0.15, 0.2) is 0 Å². The van der Waals surface area contributed by atoms with Crippen molar-refractivity contribution < 1.29 is 17.5 Å². The number of hydrogen-bond acceptors (Lipinski definition) is 3. The van der Waals surface area contributed by atoms with Crippen molar-refractivity contribution in [2.24, 2.45) is 0 Å². The third-order valence-electron chi connectivity index (χ3n) is 3.56. The van der Waals surface area contributed by atoms with Crippen LogP contribution in [0.3, 0.4) is 0 Å². The zero-order valence-electron chi connectivity index (χ0n) is 10.9. The van der Waals surface area contributed by atoms with Crippen molar-refractivity contribution in [1.82, 2.24) is 4.72 Å². The standard InChI is InChI=1S/C13H18FNO3S/c1-19(16,17)15-10-13(5-7-18-8-6-13)11-3-2-4-12(14)9-11/h2-4,9,15H,5-8,10H2,1H3. The second-order valence-electron chi connectivity index (χ2n) is 5.00. The van der Waals surface area contributed by atoms with Crippen LogP contribution in [0.25, 0.3) is 0 Å². The Morgan fingerprint density at radius 2 is 2.05 bits per heavy atom. The largest absolute Gasteiger partial charge is 0.381 e. The Labute approximate surface area is 113 Å². The summed E-state index contributed by atoms with van der Waals surface area (Å²) in [6.45, 7) is 1.39. The molecule has 1 aliphatic heterocycles. The van der Waals surface area contributed by atoms with Crippen LogP contribution in [0.2, 0.25) is 0 Å². The van der Waals surface area contributed by atoms with E-state index in [9.17, 15) is 12.8 Å². The molecule has 0 aromatic heterocycles. The predicted molar refractivity (Wildman–Crippen MR) is 71.0 cm³/mol. The van der Waals surface area contributed by atoms with E-state index in [1.54, 1.807) is 6.07 Å². The first-order valence-electron chi connectivity index (χ1n) is 6.20. The Balaban J connectivity index is 2.29. The van der Waals surface area contributed by atoms with Gasteiger partial charge >= 0.3 is 0 Å². The van der Waals surface area contributed by atoms with E-state index in [1.165, 1.54) is 12.1 Å². The summed E-state index contributed by atoms with van der Waals surface area (Å²) in [4.78, 5) is 0. The van der Waals surface area contributed by atoms with Gasteiger partial charge in [0, 0.05) is 25.2 Å². The van der Waals surface area contributed by atoms with Crippen LogP contribution in [0.15, 0.2) is 24.3 Å². The van der Waals surface area contributed by atoms with Gasteiger partial charge in [-0.2, -0.15) is 0 Å². The van der Waals surface area contributed by atoms with Crippen LogP contribution in [0.4, 0.5) is 4.39 Å². The van der Waals surface area contributed by atoms with Gasteiger partial charge in [-0.25, -0.2) is 17.5 Å². The van der Waals surface area contributed by atoms with Crippen LogP contribution in [-0.2, 0) is 20.2 Å². The number of halogens is 1. The summed E-state index contributed by atoms with van der Waals surface area (Å²) in [5, 5.41) is 0. The molecule has 0 radical (unpaired) electrons. The topological polar surface area (TPSA) is 55.4 Å². The van der Waals surface area contributed by atoms with Crippen LogP contribution in [0.5, 0.6) is 0 Å². The van der Waals surface area contributed by atoms with Crippen LogP contribution >= 0.6 is 0 Å². The lowest BCUT2D eigenvalue weighted by atomic mass is 9.74. The maximum Gasteiger partial charge on any atom is 0.208 e. The van der Waals surface area contributed by atoms with E-state index in [0.717, 1.165) is 11.8 Å². The minimum absolute atomic E-state index is 0.276. The maximum atomic E-state index is 13.4. The fourth-order valence-electron chi connectivity index (χ4n) is 2.42. The molecule has 4 nitrogen and oxygen atoms in total. The van der Waals surface area contributed by atoms with Gasteiger partial charge in [0.2, 0.25) is 10.0 Å². The van der Waals surface area contributed by atoms with Gasteiger partial charge in [0.1, 0.15) is 5.82 Å². The smallest absolute Gasteiger partial charge is 0.208 e. The Morgan fingerprint density at radius 3 is 2.63 bits per heavy atom. The summed E-state index contributed by atoms with van der Waals surface area (Å²) in [5.74, 6) is -0.303. The zero-order chi connectivity index (χ0) is 13.9. The Morgan fingerprint density at radius 1 is 1.37 bits per heavy atom. The van der Waals surface area contributed by atoms with Crippen molar-refractivity contribution in [3.05, 3.63) is 35.6 Å². The molecule has 0 amide bonds. The highest BCUT2D eigenvalue weighted by Crippen LogP contribution is 2.34. The molecular weight excluding hydrogens is 269 g/mol. The molecule has 1 aromatic carbocycles. The lowest BCUT2D eigenvalue weighted by molar-refractivity contribution is 0.0516. The summed E-state index contributed by atoms with van der Waals surface area (Å²) in [5.41, 5.74) is 0.440. The van der Waals surface area contributed by atoms with Crippen molar-refractivity contribution >= 4 is 10.0 Å². The van der Waals surface area contributed by atoms with Gasteiger partial charge in [-0.05, 0) is 30.5 Å². The molecule has 0 aliphatic carbocycles. The highest BCUT2D eigenvalue weighted by atomic mass is 32.2. The Kier molecular flexibility index (Phi) is 4.23. The molecule has 106 valence electrons. The molecule has 0 unspecified atom stereocenters. The molecular formula is C13H18FNO3S. The van der Waals surface area contributed by atoms with Gasteiger partial charge in [-0.3, -0.25) is 0 Å². The number of hydrogen-bond donors (Lipinski definition) is 1. The molecule has 1 aromatic rings. The lowest BCUT2D eigenvalue weighted by Crippen LogP contribution is -2.44. The third kappa shape index (κ3) is 3.75. The summed E-state index contributed by atoms with van der Waals surface area (Å²) >= 11 is 0. The molecule has 1 heterocycles. The normalized spacial score (nSPS) is 19.3. The average molecular weight is 287 g/mol. The predicted octanol–water partition coefficient (Wildman–Crippen LogP) is 1.42. The van der Waals surface area contributed by atoms with Crippen molar-refractivity contribution in [1.29, 1.82) is 0 Å². The first-order valence-corrected chi connectivity index (χ1v) is 8.09. The molecule has 2 rings (SSSR count). The van der Waals surface area contributed by atoms with Gasteiger partial charge in [-0.15, -0.1) is 0 Å². The van der Waals surface area contributed by atoms with E-state index in [2.05, 4.69) is 4.72 Å². The molecule has 0 saturated carbocycles. The first-order chi connectivity index (χ1) is 8.91. The van der Waals surface area contributed by atoms with E-state index in [1.807, 2.05) is 6.07 Å². The molecule has 19 heavy (non-hydrogen) atoms. The number of sulfonamides is 1. The monoisotopic (exact) mass is 287 g/mol. The van der Waals surface area contributed by atoms with Crippen LogP contribution in [0, 0.1) is 5.82 Å². The van der Waals surface area contributed by atoms with E-state index >= 15 is 0 Å². The van der Waals surface area contributed by atoms with Crippen LogP contribution in [-0.4, -0.2) is 34.4 Å². The second-order valence-corrected chi connectivity index (χ2v) is 6.83. The number of ether oxygens (including phenoxy) is 1. The number of nitrogens with one attached hydrogen (secondary N) is 1. The van der Waals surface area contributed by atoms with Gasteiger partial charge in [-0.1, -0.05) is 12.1 Å². The van der Waals surface area contributed by atoms with Gasteiger partial charge in [0.25, 0.3) is 0 Å². The minimum atomic E-state index is -3.26. The number of benzene rings is 1. The third-order valence-corrected chi connectivity index (χ3v) is 4.23. The van der Waals surface area contributed by atoms with Crippen molar-refractivity contribution in [3.8, 4) is 0 Å². The Hall–Kier alpha value is -0.980. The highest BCUT2D eigenvalue weighted by Gasteiger charge is 2.35. The molecule has 1 fully saturated rings. The summed E-state index contributed by atoms with van der Waals surface area (Å²) in [6, 6.07) is 6.37. The molecule has 1 saturated heterocycles. The molecule has 0 atom stereocenters. The molecule has 1 aliphatic rings. The summed E-state index contributed by atoms with van der Waals surface area (Å²) < 4.78 is 43.9. The highest BCUT2D eigenvalue weighted by molar-refractivity contribution is 7.88. The molecule has 0 bridgehead atoms. The first kappa shape index (κ1) is 14.4. The second kappa shape index (κ2) is 5.56. The van der Waals surface area contributed by atoms with Gasteiger partial charge < -0.3 is 4.74 Å². The van der Waals surface area contributed by atoms with E-state index in [4.69, 9.17) is 4.74 Å². The van der Waals surface area contributed by atoms with Crippen molar-refractivity contribution in [2.75, 3.05) is 26.0 Å². The fraction of sp³-hybridized carbons (Fsp3) is 0.538. The lowest BCUT2D eigenvalue weighted by Gasteiger charge is -2.37. The average Bonchev–Trinajstić information content (AvgIpc) is 2.37. The zero-order valence-corrected chi connectivity index (χ0v) is 11.7. The van der Waals surface area contributed by atoms with E-state index in [-0.39, 0.29) is 17.8 Å². The molecule has 6 heteroatoms. The van der Waals surface area contributed by atoms with Crippen LogP contribution in [0.1, 0.15) is 18.4 Å². The van der Waals surface area contributed by atoms with E-state index in [0.29, 0.717) is 26.1 Å². The van der Waals surface area contributed by atoms with Crippen molar-refractivity contribution in [3.63, 3.8) is 0 Å². The summed E-state index contributed by atoms with van der Waals surface area (Å²) in [6.07, 6.45) is 2.49. The van der Waals surface area contributed by atoms with E-state index < -0.39 is 10.0 Å². The van der Waals surface area contributed by atoms with Crippen molar-refractivity contribution in [2.45, 2.75) is 18.3 Å². The molecule has 1 N–H and O–H groups in total. The Bertz CT molecular complexity index is 539.